The summed E-state index contributed by atoms with van der Waals surface area (Å²) in [6.07, 6.45) is 0.915. The SMILES string of the molecule is CCC(C)(C)C(=O)NC(CCC(C)=O)C(=O)O.O=C(O)c1cccc(O)c1. The van der Waals surface area contributed by atoms with Crippen molar-refractivity contribution < 1.29 is 34.5 Å². The largest absolute Gasteiger partial charge is 0.508 e. The van der Waals surface area contributed by atoms with E-state index in [2.05, 4.69) is 5.32 Å². The standard InChI is InChI=1S/C12H21NO4.C7H6O3/c1-5-12(3,4)11(17)13-9(10(15)16)7-6-8(2)14;8-6-3-1-2-5(4-6)7(9)10/h9H,5-7H2,1-4H3,(H,13,17)(H,15,16);1-4,8H,(H,9,10). The number of amides is 1. The summed E-state index contributed by atoms with van der Waals surface area (Å²) in [5.41, 5.74) is -0.496. The number of carboxylic acid groups (broad SMARTS) is 2. The molecule has 1 rings (SSSR count). The van der Waals surface area contributed by atoms with Crippen LogP contribution in [0.5, 0.6) is 5.75 Å². The first-order valence-electron chi connectivity index (χ1n) is 8.46. The van der Waals surface area contributed by atoms with E-state index in [1.165, 1.54) is 31.2 Å². The number of aromatic carboxylic acids is 1. The Morgan fingerprint density at radius 3 is 2.11 bits per heavy atom. The second-order valence-corrected chi connectivity index (χ2v) is 6.70. The maximum absolute atomic E-state index is 11.8. The predicted octanol–water partition coefficient (Wildman–Crippen LogP) is 2.45. The number of carbonyl (C=O) groups is 4. The van der Waals surface area contributed by atoms with E-state index in [0.29, 0.717) is 6.42 Å². The Balaban J connectivity index is 0.000000569. The van der Waals surface area contributed by atoms with Crippen LogP contribution in [0.1, 0.15) is 57.3 Å². The third-order valence-corrected chi connectivity index (χ3v) is 3.98. The highest BCUT2D eigenvalue weighted by atomic mass is 16.4. The minimum atomic E-state index is -1.11. The van der Waals surface area contributed by atoms with E-state index in [0.717, 1.165) is 0 Å². The lowest BCUT2D eigenvalue weighted by Gasteiger charge is -2.24. The van der Waals surface area contributed by atoms with Gasteiger partial charge in [-0.15, -0.1) is 0 Å². The minimum absolute atomic E-state index is 0.0279. The highest BCUT2D eigenvalue weighted by molar-refractivity contribution is 5.88. The second kappa shape index (κ2) is 10.9. The molecule has 150 valence electrons. The van der Waals surface area contributed by atoms with Gasteiger partial charge in [0.25, 0.3) is 0 Å². The van der Waals surface area contributed by atoms with Gasteiger partial charge in [-0.1, -0.05) is 26.8 Å². The van der Waals surface area contributed by atoms with Crippen LogP contribution in [0.3, 0.4) is 0 Å². The van der Waals surface area contributed by atoms with Crippen molar-refractivity contribution in [2.75, 3.05) is 0 Å². The first-order valence-corrected chi connectivity index (χ1v) is 8.46. The molecule has 1 atom stereocenters. The zero-order chi connectivity index (χ0) is 21.2. The third kappa shape index (κ3) is 9.39. The molecule has 0 radical (unpaired) electrons. The molecule has 1 aromatic rings. The van der Waals surface area contributed by atoms with Crippen LogP contribution in [0, 0.1) is 5.41 Å². The molecule has 4 N–H and O–H groups in total. The van der Waals surface area contributed by atoms with Crippen LogP contribution in [0.4, 0.5) is 0 Å². The number of hydrogen-bond acceptors (Lipinski definition) is 5. The lowest BCUT2D eigenvalue weighted by atomic mass is 9.89. The molecule has 0 saturated carbocycles. The van der Waals surface area contributed by atoms with Gasteiger partial charge in [0.15, 0.2) is 0 Å². The van der Waals surface area contributed by atoms with E-state index in [1.807, 2.05) is 6.92 Å². The van der Waals surface area contributed by atoms with Gasteiger partial charge in [0.2, 0.25) is 5.91 Å². The smallest absolute Gasteiger partial charge is 0.335 e. The van der Waals surface area contributed by atoms with Gasteiger partial charge in [-0.25, -0.2) is 9.59 Å². The summed E-state index contributed by atoms with van der Waals surface area (Å²) in [6, 6.07) is 4.53. The number of carboxylic acids is 2. The predicted molar refractivity (Wildman–Crippen MR) is 98.6 cm³/mol. The number of phenols is 1. The van der Waals surface area contributed by atoms with Gasteiger partial charge < -0.3 is 25.4 Å². The molecule has 0 spiro atoms. The number of carbonyl (C=O) groups excluding carboxylic acids is 2. The normalized spacial score (nSPS) is 11.6. The van der Waals surface area contributed by atoms with Crippen LogP contribution in [0.2, 0.25) is 0 Å². The van der Waals surface area contributed by atoms with Crippen molar-refractivity contribution in [3.05, 3.63) is 29.8 Å². The third-order valence-electron chi connectivity index (χ3n) is 3.98. The van der Waals surface area contributed by atoms with Gasteiger partial charge in [0.05, 0.1) is 5.56 Å². The molecular formula is C19H27NO7. The summed E-state index contributed by atoms with van der Waals surface area (Å²) in [6.45, 7) is 6.78. The van der Waals surface area contributed by atoms with Crippen molar-refractivity contribution in [3.63, 3.8) is 0 Å². The van der Waals surface area contributed by atoms with Crippen LogP contribution < -0.4 is 5.32 Å². The topological polar surface area (TPSA) is 141 Å². The molecule has 1 amide bonds. The summed E-state index contributed by atoms with van der Waals surface area (Å²) >= 11 is 0. The van der Waals surface area contributed by atoms with Crippen LogP contribution in [0.15, 0.2) is 24.3 Å². The lowest BCUT2D eigenvalue weighted by Crippen LogP contribution is -2.46. The van der Waals surface area contributed by atoms with Crippen molar-refractivity contribution in [2.45, 2.75) is 53.0 Å². The molecule has 0 fully saturated rings. The van der Waals surface area contributed by atoms with Gasteiger partial charge in [-0.3, -0.25) is 4.79 Å². The first-order chi connectivity index (χ1) is 12.4. The molecule has 8 heteroatoms. The average molecular weight is 381 g/mol. The number of nitrogens with one attached hydrogen (secondary N) is 1. The van der Waals surface area contributed by atoms with Crippen molar-refractivity contribution in [2.24, 2.45) is 5.41 Å². The van der Waals surface area contributed by atoms with E-state index in [1.54, 1.807) is 13.8 Å². The number of phenolic OH excluding ortho intramolecular Hbond substituents is 1. The van der Waals surface area contributed by atoms with Gasteiger partial charge in [-0.2, -0.15) is 0 Å². The first kappa shape index (κ1) is 24.1. The fourth-order valence-electron chi connectivity index (χ4n) is 1.76. The van der Waals surface area contributed by atoms with E-state index in [-0.39, 0.29) is 35.8 Å². The van der Waals surface area contributed by atoms with Crippen LogP contribution >= 0.6 is 0 Å². The van der Waals surface area contributed by atoms with E-state index >= 15 is 0 Å². The maximum atomic E-state index is 11.8. The Bertz CT molecular complexity index is 682. The number of ketones is 1. The Morgan fingerprint density at radius 2 is 1.74 bits per heavy atom. The Hall–Kier alpha value is -2.90. The quantitative estimate of drug-likeness (QED) is 0.542. The van der Waals surface area contributed by atoms with Crippen LogP contribution in [0.25, 0.3) is 0 Å². The fourth-order valence-corrected chi connectivity index (χ4v) is 1.76. The minimum Gasteiger partial charge on any atom is -0.508 e. The van der Waals surface area contributed by atoms with Gasteiger partial charge in [0.1, 0.15) is 17.6 Å². The lowest BCUT2D eigenvalue weighted by molar-refractivity contribution is -0.143. The number of benzene rings is 1. The van der Waals surface area contributed by atoms with E-state index in [9.17, 15) is 19.2 Å². The average Bonchev–Trinajstić information content (AvgIpc) is 2.58. The zero-order valence-electron chi connectivity index (χ0n) is 16.0. The summed E-state index contributed by atoms with van der Waals surface area (Å²) in [4.78, 5) is 43.8. The number of Topliss-reactive ketones (excluding diaryl/α,β-unsaturated/α-hetero) is 1. The molecule has 0 aliphatic carbocycles. The molecule has 1 unspecified atom stereocenters. The fraction of sp³-hybridized carbons (Fsp3) is 0.474. The molecule has 1 aromatic carbocycles. The summed E-state index contributed by atoms with van der Waals surface area (Å²) in [5, 5.41) is 28.6. The molecule has 0 saturated heterocycles. The Labute approximate surface area is 158 Å². The molecule has 0 bridgehead atoms. The molecule has 0 aliphatic heterocycles. The Kier molecular flexibility index (Phi) is 9.77. The van der Waals surface area contributed by atoms with E-state index < -0.39 is 23.4 Å². The van der Waals surface area contributed by atoms with E-state index in [4.69, 9.17) is 15.3 Å². The monoisotopic (exact) mass is 381 g/mol. The molecular weight excluding hydrogens is 354 g/mol. The molecule has 0 heterocycles. The molecule has 0 aromatic heterocycles. The second-order valence-electron chi connectivity index (χ2n) is 6.70. The Morgan fingerprint density at radius 1 is 1.15 bits per heavy atom. The highest BCUT2D eigenvalue weighted by Gasteiger charge is 2.29. The van der Waals surface area contributed by atoms with Crippen molar-refractivity contribution in [1.82, 2.24) is 5.32 Å². The zero-order valence-corrected chi connectivity index (χ0v) is 16.0. The van der Waals surface area contributed by atoms with Gasteiger partial charge in [0, 0.05) is 11.8 Å². The van der Waals surface area contributed by atoms with Crippen molar-refractivity contribution in [3.8, 4) is 5.75 Å². The summed E-state index contributed by atoms with van der Waals surface area (Å²) in [5.74, 6) is -2.54. The molecule has 8 nitrogen and oxygen atoms in total. The number of aliphatic carboxylic acids is 1. The highest BCUT2D eigenvalue weighted by Crippen LogP contribution is 2.20. The van der Waals surface area contributed by atoms with Gasteiger partial charge in [-0.05, 0) is 38.0 Å². The van der Waals surface area contributed by atoms with Gasteiger partial charge >= 0.3 is 11.9 Å². The van der Waals surface area contributed by atoms with Crippen LogP contribution in [-0.4, -0.2) is 45.0 Å². The maximum Gasteiger partial charge on any atom is 0.335 e. The molecule has 0 aliphatic rings. The molecule has 27 heavy (non-hydrogen) atoms. The summed E-state index contributed by atoms with van der Waals surface area (Å²) < 4.78 is 0. The van der Waals surface area contributed by atoms with Crippen molar-refractivity contribution >= 4 is 23.6 Å². The number of rotatable bonds is 8. The number of aromatic hydroxyl groups is 1. The number of hydrogen-bond donors (Lipinski definition) is 4. The summed E-state index contributed by atoms with van der Waals surface area (Å²) in [7, 11) is 0. The van der Waals surface area contributed by atoms with Crippen molar-refractivity contribution in [1.29, 1.82) is 0 Å². The van der Waals surface area contributed by atoms with Crippen LogP contribution in [-0.2, 0) is 14.4 Å².